The summed E-state index contributed by atoms with van der Waals surface area (Å²) < 4.78 is 0. The Bertz CT molecular complexity index is 544. The number of nitrogens with zero attached hydrogens (tertiary/aromatic N) is 1. The molecular formula is C17H22N2. The molecule has 0 amide bonds. The Labute approximate surface area is 115 Å². The van der Waals surface area contributed by atoms with Gasteiger partial charge in [-0.2, -0.15) is 0 Å². The van der Waals surface area contributed by atoms with Crippen LogP contribution in [0.5, 0.6) is 0 Å². The van der Waals surface area contributed by atoms with Gasteiger partial charge in [-0.15, -0.1) is 0 Å². The average molecular weight is 254 g/mol. The largest absolute Gasteiger partial charge is 0.306 e. The van der Waals surface area contributed by atoms with Gasteiger partial charge in [-0.1, -0.05) is 24.3 Å². The molecule has 19 heavy (non-hydrogen) atoms. The lowest BCUT2D eigenvalue weighted by molar-refractivity contribution is 0.573. The van der Waals surface area contributed by atoms with Crippen molar-refractivity contribution in [1.29, 1.82) is 0 Å². The van der Waals surface area contributed by atoms with Crippen molar-refractivity contribution < 1.29 is 0 Å². The van der Waals surface area contributed by atoms with Gasteiger partial charge in [0, 0.05) is 24.5 Å². The van der Waals surface area contributed by atoms with Crippen molar-refractivity contribution in [1.82, 2.24) is 10.3 Å². The first-order valence-corrected chi connectivity index (χ1v) is 6.78. The molecule has 100 valence electrons. The monoisotopic (exact) mass is 254 g/mol. The van der Waals surface area contributed by atoms with E-state index in [0.29, 0.717) is 6.04 Å². The number of rotatable bonds is 4. The summed E-state index contributed by atoms with van der Waals surface area (Å²) >= 11 is 0. The Balaban J connectivity index is 1.98. The van der Waals surface area contributed by atoms with Gasteiger partial charge in [-0.3, -0.25) is 4.98 Å². The molecule has 0 spiro atoms. The third-order valence-electron chi connectivity index (χ3n) is 3.62. The van der Waals surface area contributed by atoms with Crippen LogP contribution in [0.25, 0.3) is 0 Å². The van der Waals surface area contributed by atoms with E-state index in [9.17, 15) is 0 Å². The molecule has 0 bridgehead atoms. The topological polar surface area (TPSA) is 24.9 Å². The van der Waals surface area contributed by atoms with Crippen LogP contribution >= 0.6 is 0 Å². The molecule has 2 heteroatoms. The van der Waals surface area contributed by atoms with Crippen LogP contribution in [0.1, 0.15) is 40.9 Å². The molecule has 2 nitrogen and oxygen atoms in total. The molecule has 0 aliphatic rings. The molecule has 1 N–H and O–H groups in total. The summed E-state index contributed by atoms with van der Waals surface area (Å²) in [5.74, 6) is 0. The first-order valence-electron chi connectivity index (χ1n) is 6.78. The molecule has 0 aliphatic heterocycles. The van der Waals surface area contributed by atoms with E-state index in [0.717, 1.165) is 12.2 Å². The van der Waals surface area contributed by atoms with Gasteiger partial charge in [-0.25, -0.2) is 0 Å². The molecule has 2 rings (SSSR count). The van der Waals surface area contributed by atoms with E-state index >= 15 is 0 Å². The fraction of sp³-hybridized carbons (Fsp3) is 0.353. The summed E-state index contributed by atoms with van der Waals surface area (Å²) in [6.45, 7) is 9.37. The van der Waals surface area contributed by atoms with Crippen LogP contribution in [0.2, 0.25) is 0 Å². The zero-order valence-electron chi connectivity index (χ0n) is 12.2. The van der Waals surface area contributed by atoms with Crippen molar-refractivity contribution in [3.8, 4) is 0 Å². The zero-order chi connectivity index (χ0) is 13.8. The number of aromatic nitrogens is 1. The van der Waals surface area contributed by atoms with Gasteiger partial charge in [0.05, 0.1) is 0 Å². The smallest absolute Gasteiger partial charge is 0.0372 e. The quantitative estimate of drug-likeness (QED) is 0.896. The number of aryl methyl sites for hydroxylation is 3. The van der Waals surface area contributed by atoms with Crippen LogP contribution in [0.4, 0.5) is 0 Å². The number of nitrogens with one attached hydrogen (secondary N) is 1. The molecule has 0 saturated carbocycles. The fourth-order valence-electron chi connectivity index (χ4n) is 2.03. The van der Waals surface area contributed by atoms with Crippen LogP contribution in [0, 0.1) is 20.8 Å². The van der Waals surface area contributed by atoms with E-state index in [1.54, 1.807) is 0 Å². The minimum Gasteiger partial charge on any atom is -0.306 e. The van der Waals surface area contributed by atoms with Crippen LogP contribution in [-0.2, 0) is 6.54 Å². The third kappa shape index (κ3) is 3.65. The second-order valence-electron chi connectivity index (χ2n) is 5.25. The molecule has 1 heterocycles. The highest BCUT2D eigenvalue weighted by Crippen LogP contribution is 2.17. The van der Waals surface area contributed by atoms with E-state index in [4.69, 9.17) is 0 Å². The van der Waals surface area contributed by atoms with Crippen molar-refractivity contribution in [2.75, 3.05) is 0 Å². The highest BCUT2D eigenvalue weighted by atomic mass is 14.9. The molecule has 0 saturated heterocycles. The van der Waals surface area contributed by atoms with E-state index in [-0.39, 0.29) is 0 Å². The lowest BCUT2D eigenvalue weighted by Gasteiger charge is -2.15. The molecule has 0 fully saturated rings. The van der Waals surface area contributed by atoms with Crippen LogP contribution < -0.4 is 5.32 Å². The van der Waals surface area contributed by atoms with Crippen molar-refractivity contribution in [2.45, 2.75) is 40.3 Å². The van der Waals surface area contributed by atoms with Crippen LogP contribution in [0.15, 0.2) is 36.5 Å². The highest BCUT2D eigenvalue weighted by Gasteiger charge is 2.06. The third-order valence-corrected chi connectivity index (χ3v) is 3.62. The second kappa shape index (κ2) is 5.98. The summed E-state index contributed by atoms with van der Waals surface area (Å²) in [6.07, 6.45) is 1.94. The van der Waals surface area contributed by atoms with Gasteiger partial charge >= 0.3 is 0 Å². The summed E-state index contributed by atoms with van der Waals surface area (Å²) in [6, 6.07) is 11.2. The minimum atomic E-state index is 0.348. The Morgan fingerprint density at radius 1 is 1.05 bits per heavy atom. The fourth-order valence-corrected chi connectivity index (χ4v) is 2.03. The summed E-state index contributed by atoms with van der Waals surface area (Å²) in [5.41, 5.74) is 6.32. The van der Waals surface area contributed by atoms with Gasteiger partial charge in [0.25, 0.3) is 0 Å². The molecule has 1 unspecified atom stereocenters. The maximum absolute atomic E-state index is 4.32. The first-order chi connectivity index (χ1) is 9.06. The average Bonchev–Trinajstić information content (AvgIpc) is 2.41. The van der Waals surface area contributed by atoms with Gasteiger partial charge < -0.3 is 5.32 Å². The van der Waals surface area contributed by atoms with E-state index in [1.165, 1.54) is 22.3 Å². The summed E-state index contributed by atoms with van der Waals surface area (Å²) in [5, 5.41) is 3.54. The lowest BCUT2D eigenvalue weighted by atomic mass is 10.0. The minimum absolute atomic E-state index is 0.348. The maximum atomic E-state index is 4.32. The van der Waals surface area contributed by atoms with E-state index in [2.05, 4.69) is 61.4 Å². The van der Waals surface area contributed by atoms with Crippen molar-refractivity contribution >= 4 is 0 Å². The summed E-state index contributed by atoms with van der Waals surface area (Å²) in [4.78, 5) is 4.32. The molecule has 1 atom stereocenters. The van der Waals surface area contributed by atoms with E-state index < -0.39 is 0 Å². The van der Waals surface area contributed by atoms with Crippen molar-refractivity contribution in [2.24, 2.45) is 0 Å². The Morgan fingerprint density at radius 3 is 2.47 bits per heavy atom. The number of hydrogen-bond donors (Lipinski definition) is 1. The van der Waals surface area contributed by atoms with Gasteiger partial charge in [0.15, 0.2) is 0 Å². The maximum Gasteiger partial charge on any atom is 0.0372 e. The second-order valence-corrected chi connectivity index (χ2v) is 5.25. The SMILES string of the molecule is Cc1ccc(CNC(C)c2ccc(C)c(C)c2)cn1. The molecule has 1 aromatic heterocycles. The Hall–Kier alpha value is -1.67. The molecule has 0 radical (unpaired) electrons. The Morgan fingerprint density at radius 2 is 1.84 bits per heavy atom. The number of pyridine rings is 1. The van der Waals surface area contributed by atoms with Crippen LogP contribution in [-0.4, -0.2) is 4.98 Å². The van der Waals surface area contributed by atoms with Crippen molar-refractivity contribution in [3.63, 3.8) is 0 Å². The van der Waals surface area contributed by atoms with Gasteiger partial charge in [0.2, 0.25) is 0 Å². The number of benzene rings is 1. The van der Waals surface area contributed by atoms with Gasteiger partial charge in [0.1, 0.15) is 0 Å². The standard InChI is InChI=1S/C17H22N2/c1-12-5-8-17(9-13(12)2)15(4)19-11-16-7-6-14(3)18-10-16/h5-10,15,19H,11H2,1-4H3. The van der Waals surface area contributed by atoms with E-state index in [1.807, 2.05) is 13.1 Å². The van der Waals surface area contributed by atoms with Gasteiger partial charge in [-0.05, 0) is 56.0 Å². The van der Waals surface area contributed by atoms with Crippen molar-refractivity contribution in [3.05, 3.63) is 64.5 Å². The highest BCUT2D eigenvalue weighted by molar-refractivity contribution is 5.31. The summed E-state index contributed by atoms with van der Waals surface area (Å²) in [7, 11) is 0. The molecule has 2 aromatic rings. The predicted molar refractivity (Wildman–Crippen MR) is 80.1 cm³/mol. The molecule has 0 aliphatic carbocycles. The predicted octanol–water partition coefficient (Wildman–Crippen LogP) is 3.86. The first kappa shape index (κ1) is 13.8. The van der Waals surface area contributed by atoms with Crippen LogP contribution in [0.3, 0.4) is 0 Å². The molecule has 1 aromatic carbocycles. The molecular weight excluding hydrogens is 232 g/mol. The Kier molecular flexibility index (Phi) is 4.33. The number of hydrogen-bond acceptors (Lipinski definition) is 2. The lowest BCUT2D eigenvalue weighted by Crippen LogP contribution is -2.18. The normalized spacial score (nSPS) is 12.4. The zero-order valence-corrected chi connectivity index (χ0v) is 12.2.